The zero-order valence-corrected chi connectivity index (χ0v) is 13.4. The van der Waals surface area contributed by atoms with Crippen molar-refractivity contribution in [2.75, 3.05) is 5.75 Å². The van der Waals surface area contributed by atoms with Gasteiger partial charge in [0.1, 0.15) is 5.03 Å². The van der Waals surface area contributed by atoms with Gasteiger partial charge in [-0.25, -0.2) is 0 Å². The molecule has 0 fully saturated rings. The summed E-state index contributed by atoms with van der Waals surface area (Å²) < 4.78 is 40.1. The Kier molecular flexibility index (Phi) is 5.35. The van der Waals surface area contributed by atoms with Gasteiger partial charge in [-0.05, 0) is 24.5 Å². The van der Waals surface area contributed by atoms with Crippen LogP contribution >= 0.6 is 11.8 Å². The quantitative estimate of drug-likeness (QED) is 0.388. The standard InChI is InChI=1S/C15H16F3N3OS/c1-10-5-3-4-6-11(10)7-8-23-14-12(9-19-22)13(15(16,17)18)20-21(14)2/h3-6,9,22H,7-8H2,1-2H3/b19-9+. The van der Waals surface area contributed by atoms with E-state index in [9.17, 15) is 13.2 Å². The van der Waals surface area contributed by atoms with Crippen LogP contribution in [0.2, 0.25) is 0 Å². The lowest BCUT2D eigenvalue weighted by Crippen LogP contribution is -2.09. The maximum Gasteiger partial charge on any atom is 0.435 e. The van der Waals surface area contributed by atoms with Crippen LogP contribution in [0.25, 0.3) is 0 Å². The third kappa shape index (κ3) is 4.07. The minimum absolute atomic E-state index is 0.211. The van der Waals surface area contributed by atoms with Crippen LogP contribution in [0.15, 0.2) is 34.4 Å². The summed E-state index contributed by atoms with van der Waals surface area (Å²) in [7, 11) is 1.44. The van der Waals surface area contributed by atoms with Gasteiger partial charge < -0.3 is 5.21 Å². The van der Waals surface area contributed by atoms with Crippen LogP contribution < -0.4 is 0 Å². The number of hydrogen-bond acceptors (Lipinski definition) is 4. The average molecular weight is 343 g/mol. The van der Waals surface area contributed by atoms with Crippen molar-refractivity contribution in [3.05, 3.63) is 46.6 Å². The van der Waals surface area contributed by atoms with Crippen LogP contribution in [0.1, 0.15) is 22.4 Å². The first-order chi connectivity index (χ1) is 10.8. The second kappa shape index (κ2) is 7.08. The maximum absolute atomic E-state index is 13.0. The van der Waals surface area contributed by atoms with E-state index < -0.39 is 11.9 Å². The first kappa shape index (κ1) is 17.4. The van der Waals surface area contributed by atoms with E-state index in [0.29, 0.717) is 10.8 Å². The van der Waals surface area contributed by atoms with E-state index in [4.69, 9.17) is 5.21 Å². The van der Waals surface area contributed by atoms with Crippen molar-refractivity contribution >= 4 is 18.0 Å². The van der Waals surface area contributed by atoms with Gasteiger partial charge in [0.25, 0.3) is 0 Å². The van der Waals surface area contributed by atoms with Crippen LogP contribution in [0.5, 0.6) is 0 Å². The van der Waals surface area contributed by atoms with Gasteiger partial charge in [0.2, 0.25) is 0 Å². The van der Waals surface area contributed by atoms with Crippen molar-refractivity contribution in [3.8, 4) is 0 Å². The Morgan fingerprint density at radius 1 is 1.35 bits per heavy atom. The third-order valence-corrected chi connectivity index (χ3v) is 4.52. The van der Waals surface area contributed by atoms with Crippen LogP contribution in [0.4, 0.5) is 13.2 Å². The topological polar surface area (TPSA) is 50.4 Å². The predicted molar refractivity (Wildman–Crippen MR) is 83.2 cm³/mol. The molecule has 0 aliphatic carbocycles. The number of oxime groups is 1. The molecule has 0 radical (unpaired) electrons. The van der Waals surface area contributed by atoms with E-state index in [1.807, 2.05) is 31.2 Å². The molecule has 0 aliphatic heterocycles. The fourth-order valence-corrected chi connectivity index (χ4v) is 3.28. The van der Waals surface area contributed by atoms with Crippen LogP contribution in [-0.4, -0.2) is 27.0 Å². The first-order valence-corrected chi connectivity index (χ1v) is 7.82. The van der Waals surface area contributed by atoms with Gasteiger partial charge in [-0.1, -0.05) is 29.4 Å². The molecule has 0 spiro atoms. The Hall–Kier alpha value is -1.96. The molecule has 0 saturated carbocycles. The minimum Gasteiger partial charge on any atom is -0.411 e. The van der Waals surface area contributed by atoms with Gasteiger partial charge in [0, 0.05) is 12.8 Å². The highest BCUT2D eigenvalue weighted by atomic mass is 32.2. The van der Waals surface area contributed by atoms with E-state index >= 15 is 0 Å². The zero-order valence-electron chi connectivity index (χ0n) is 12.6. The number of benzene rings is 1. The molecule has 124 valence electrons. The molecule has 8 heteroatoms. The highest BCUT2D eigenvalue weighted by molar-refractivity contribution is 7.99. The average Bonchev–Trinajstić information content (AvgIpc) is 2.79. The third-order valence-electron chi connectivity index (χ3n) is 3.36. The van der Waals surface area contributed by atoms with Crippen LogP contribution in [0, 0.1) is 6.92 Å². The number of hydrogen-bond donors (Lipinski definition) is 1. The number of alkyl halides is 3. The normalized spacial score (nSPS) is 12.2. The van der Waals surface area contributed by atoms with Crippen molar-refractivity contribution in [1.82, 2.24) is 9.78 Å². The molecular formula is C15H16F3N3OS. The molecule has 0 atom stereocenters. The molecule has 1 N–H and O–H groups in total. The molecule has 0 amide bonds. The number of aryl methyl sites for hydroxylation is 3. The molecule has 2 aromatic rings. The summed E-state index contributed by atoms with van der Waals surface area (Å²) in [6, 6.07) is 7.87. The lowest BCUT2D eigenvalue weighted by Gasteiger charge is -2.06. The van der Waals surface area contributed by atoms with E-state index in [-0.39, 0.29) is 5.56 Å². The molecule has 23 heavy (non-hydrogen) atoms. The van der Waals surface area contributed by atoms with Gasteiger partial charge in [-0.15, -0.1) is 11.8 Å². The second-order valence-corrected chi connectivity index (χ2v) is 6.04. The lowest BCUT2D eigenvalue weighted by atomic mass is 10.1. The highest BCUT2D eigenvalue weighted by Crippen LogP contribution is 2.35. The summed E-state index contributed by atoms with van der Waals surface area (Å²) in [6.45, 7) is 2.00. The minimum atomic E-state index is -4.59. The Morgan fingerprint density at radius 3 is 2.65 bits per heavy atom. The number of thioether (sulfide) groups is 1. The van der Waals surface area contributed by atoms with Gasteiger partial charge >= 0.3 is 6.18 Å². The summed E-state index contributed by atoms with van der Waals surface area (Å²) in [4.78, 5) is 0. The smallest absolute Gasteiger partial charge is 0.411 e. The molecule has 0 bridgehead atoms. The summed E-state index contributed by atoms with van der Waals surface area (Å²) in [5, 5.41) is 15.2. The van der Waals surface area contributed by atoms with Crippen molar-refractivity contribution in [3.63, 3.8) is 0 Å². The fraction of sp³-hybridized carbons (Fsp3) is 0.333. The van der Waals surface area contributed by atoms with Crippen LogP contribution in [-0.2, 0) is 19.6 Å². The van der Waals surface area contributed by atoms with Crippen LogP contribution in [0.3, 0.4) is 0 Å². The van der Waals surface area contributed by atoms with Gasteiger partial charge in [0.15, 0.2) is 5.69 Å². The largest absolute Gasteiger partial charge is 0.435 e. The highest BCUT2D eigenvalue weighted by Gasteiger charge is 2.38. The Labute approximate surface area is 136 Å². The molecule has 0 saturated heterocycles. The summed E-state index contributed by atoms with van der Waals surface area (Å²) in [5.41, 5.74) is 1.04. The van der Waals surface area contributed by atoms with Crippen molar-refractivity contribution in [1.29, 1.82) is 0 Å². The summed E-state index contributed by atoms with van der Waals surface area (Å²) in [5.74, 6) is 0.591. The Morgan fingerprint density at radius 2 is 2.04 bits per heavy atom. The van der Waals surface area contributed by atoms with E-state index in [2.05, 4.69) is 10.3 Å². The second-order valence-electron chi connectivity index (χ2n) is 4.96. The van der Waals surface area contributed by atoms with Crippen molar-refractivity contribution in [2.45, 2.75) is 24.5 Å². The molecule has 1 heterocycles. The van der Waals surface area contributed by atoms with Gasteiger partial charge in [0.05, 0.1) is 11.8 Å². The summed E-state index contributed by atoms with van der Waals surface area (Å²) >= 11 is 1.25. The molecule has 0 unspecified atom stereocenters. The van der Waals surface area contributed by atoms with Crippen molar-refractivity contribution in [2.24, 2.45) is 12.2 Å². The number of rotatable bonds is 5. The number of aromatic nitrogens is 2. The monoisotopic (exact) mass is 343 g/mol. The molecule has 4 nitrogen and oxygen atoms in total. The SMILES string of the molecule is Cc1ccccc1CCSc1c(/C=N/O)c(C(F)(F)F)nn1C. The summed E-state index contributed by atoms with van der Waals surface area (Å²) in [6.07, 6.45) is -3.09. The first-order valence-electron chi connectivity index (χ1n) is 6.83. The van der Waals surface area contributed by atoms with E-state index in [0.717, 1.165) is 23.8 Å². The van der Waals surface area contributed by atoms with Crippen molar-refractivity contribution < 1.29 is 18.4 Å². The van der Waals surface area contributed by atoms with E-state index in [1.165, 1.54) is 23.5 Å². The predicted octanol–water partition coefficient (Wildman–Crippen LogP) is 3.89. The zero-order chi connectivity index (χ0) is 17.0. The number of halogens is 3. The molecule has 1 aromatic carbocycles. The Bertz CT molecular complexity index is 710. The maximum atomic E-state index is 13.0. The molecule has 2 rings (SSSR count). The van der Waals surface area contributed by atoms with Gasteiger partial charge in [-0.2, -0.15) is 18.3 Å². The fourth-order valence-electron chi connectivity index (χ4n) is 2.23. The van der Waals surface area contributed by atoms with E-state index in [1.54, 1.807) is 0 Å². The lowest BCUT2D eigenvalue weighted by molar-refractivity contribution is -0.141. The molecular weight excluding hydrogens is 327 g/mol. The van der Waals surface area contributed by atoms with Gasteiger partial charge in [-0.3, -0.25) is 4.68 Å². The Balaban J connectivity index is 2.20. The number of nitrogens with zero attached hydrogens (tertiary/aromatic N) is 3. The molecule has 0 aliphatic rings. The molecule has 1 aromatic heterocycles.